The lowest BCUT2D eigenvalue weighted by molar-refractivity contribution is -0.138. The molecule has 6 heteroatoms. The van der Waals surface area contributed by atoms with E-state index in [0.717, 1.165) is 51.6 Å². The fraction of sp³-hybridized carbons (Fsp3) is 0.842. The van der Waals surface area contributed by atoms with E-state index in [9.17, 15) is 9.59 Å². The molecule has 0 aromatic carbocycles. The third-order valence-electron chi connectivity index (χ3n) is 6.03. The highest BCUT2D eigenvalue weighted by molar-refractivity contribution is 5.79. The second-order valence-electron chi connectivity index (χ2n) is 7.69. The largest absolute Gasteiger partial charge is 0.342 e. The molecule has 2 aliphatic heterocycles. The highest BCUT2D eigenvalue weighted by atomic mass is 16.2. The zero-order chi connectivity index (χ0) is 17.6. The molecule has 1 atom stereocenters. The summed E-state index contributed by atoms with van der Waals surface area (Å²) < 4.78 is 0. The molecule has 0 bridgehead atoms. The quantitative estimate of drug-likeness (QED) is 0.840. The number of nitrogens with one attached hydrogen (secondary N) is 1. The van der Waals surface area contributed by atoms with Gasteiger partial charge >= 0.3 is 0 Å². The molecule has 0 radical (unpaired) electrons. The summed E-state index contributed by atoms with van der Waals surface area (Å²) in [5.41, 5.74) is 0. The van der Waals surface area contributed by atoms with Crippen LogP contribution >= 0.6 is 0 Å². The van der Waals surface area contributed by atoms with E-state index in [-0.39, 0.29) is 17.9 Å². The van der Waals surface area contributed by atoms with Gasteiger partial charge in [-0.25, -0.2) is 0 Å². The van der Waals surface area contributed by atoms with Crippen LogP contribution in [0, 0.1) is 17.2 Å². The van der Waals surface area contributed by atoms with E-state index in [0.29, 0.717) is 25.0 Å². The van der Waals surface area contributed by atoms with Gasteiger partial charge in [0.25, 0.3) is 0 Å². The van der Waals surface area contributed by atoms with Gasteiger partial charge in [-0.1, -0.05) is 19.3 Å². The van der Waals surface area contributed by atoms with Crippen molar-refractivity contribution in [3.05, 3.63) is 0 Å². The maximum absolute atomic E-state index is 12.6. The minimum absolute atomic E-state index is 0.0322. The number of amides is 2. The van der Waals surface area contributed by atoms with Crippen LogP contribution in [0.4, 0.5) is 0 Å². The van der Waals surface area contributed by atoms with Gasteiger partial charge in [-0.05, 0) is 38.5 Å². The molecular weight excluding hydrogens is 316 g/mol. The number of rotatable bonds is 4. The summed E-state index contributed by atoms with van der Waals surface area (Å²) >= 11 is 0. The molecule has 2 saturated heterocycles. The number of piperidine rings is 1. The van der Waals surface area contributed by atoms with E-state index in [2.05, 4.69) is 11.4 Å². The van der Waals surface area contributed by atoms with E-state index in [1.165, 1.54) is 19.3 Å². The van der Waals surface area contributed by atoms with Gasteiger partial charge in [-0.2, -0.15) is 5.26 Å². The van der Waals surface area contributed by atoms with Gasteiger partial charge in [-0.15, -0.1) is 0 Å². The first-order valence-electron chi connectivity index (χ1n) is 9.90. The Kier molecular flexibility index (Phi) is 6.30. The van der Waals surface area contributed by atoms with Crippen LogP contribution in [0.5, 0.6) is 0 Å². The van der Waals surface area contributed by atoms with Crippen LogP contribution in [-0.2, 0) is 9.59 Å². The molecule has 2 heterocycles. The number of nitrogens with zero attached hydrogens (tertiary/aromatic N) is 3. The third kappa shape index (κ3) is 4.52. The molecule has 0 unspecified atom stereocenters. The summed E-state index contributed by atoms with van der Waals surface area (Å²) in [7, 11) is 0. The summed E-state index contributed by atoms with van der Waals surface area (Å²) in [6.07, 6.45) is 9.31. The Morgan fingerprint density at radius 3 is 2.36 bits per heavy atom. The van der Waals surface area contributed by atoms with Crippen LogP contribution in [0.2, 0.25) is 0 Å². The van der Waals surface area contributed by atoms with E-state index in [1.54, 1.807) is 4.90 Å². The SMILES string of the molecule is N#C[C@@H]1CCCN1C(=O)CNC1CCN(C(=O)C2CCCCC2)CC1. The van der Waals surface area contributed by atoms with E-state index in [4.69, 9.17) is 5.26 Å². The van der Waals surface area contributed by atoms with Gasteiger partial charge in [0.1, 0.15) is 6.04 Å². The zero-order valence-corrected chi connectivity index (χ0v) is 15.1. The fourth-order valence-corrected chi connectivity index (χ4v) is 4.44. The molecule has 3 rings (SSSR count). The number of hydrogen-bond acceptors (Lipinski definition) is 4. The standard InChI is InChI=1S/C19H30N4O2/c20-13-17-7-4-10-23(17)18(24)14-21-16-8-11-22(12-9-16)19(25)15-5-2-1-3-6-15/h15-17,21H,1-12,14H2/t17-/m0/s1. The van der Waals surface area contributed by atoms with Gasteiger partial charge in [0.15, 0.2) is 0 Å². The third-order valence-corrected chi connectivity index (χ3v) is 6.03. The number of carbonyl (C=O) groups is 2. The van der Waals surface area contributed by atoms with Crippen molar-refractivity contribution in [2.45, 2.75) is 69.9 Å². The predicted molar refractivity (Wildman–Crippen MR) is 94.5 cm³/mol. The molecule has 1 aliphatic carbocycles. The molecule has 1 N–H and O–H groups in total. The zero-order valence-electron chi connectivity index (χ0n) is 15.1. The average molecular weight is 346 g/mol. The molecule has 2 amide bonds. The normalized spacial score (nSPS) is 25.8. The van der Waals surface area contributed by atoms with Crippen molar-refractivity contribution < 1.29 is 9.59 Å². The summed E-state index contributed by atoms with van der Waals surface area (Å²) in [5, 5.41) is 12.4. The maximum Gasteiger partial charge on any atom is 0.237 e. The van der Waals surface area contributed by atoms with Crippen molar-refractivity contribution in [3.8, 4) is 6.07 Å². The van der Waals surface area contributed by atoms with Crippen LogP contribution < -0.4 is 5.32 Å². The predicted octanol–water partition coefficient (Wildman–Crippen LogP) is 1.66. The van der Waals surface area contributed by atoms with Crippen molar-refractivity contribution >= 4 is 11.8 Å². The van der Waals surface area contributed by atoms with Crippen LogP contribution in [0.15, 0.2) is 0 Å². The van der Waals surface area contributed by atoms with Gasteiger partial charge in [0, 0.05) is 31.6 Å². The number of likely N-dealkylation sites (tertiary alicyclic amines) is 2. The summed E-state index contributed by atoms with van der Waals surface area (Å²) in [6.45, 7) is 2.60. The smallest absolute Gasteiger partial charge is 0.237 e. The monoisotopic (exact) mass is 346 g/mol. The van der Waals surface area contributed by atoms with Crippen LogP contribution in [0.1, 0.15) is 57.8 Å². The molecule has 0 spiro atoms. The van der Waals surface area contributed by atoms with Crippen LogP contribution in [0.3, 0.4) is 0 Å². The molecule has 25 heavy (non-hydrogen) atoms. The second kappa shape index (κ2) is 8.66. The van der Waals surface area contributed by atoms with Gasteiger partial charge in [-0.3, -0.25) is 9.59 Å². The number of carbonyl (C=O) groups excluding carboxylic acids is 2. The van der Waals surface area contributed by atoms with Crippen molar-refractivity contribution in [1.82, 2.24) is 15.1 Å². The highest BCUT2D eigenvalue weighted by Crippen LogP contribution is 2.26. The highest BCUT2D eigenvalue weighted by Gasteiger charge is 2.31. The number of nitriles is 1. The molecule has 6 nitrogen and oxygen atoms in total. The first-order chi connectivity index (χ1) is 12.2. The Hall–Kier alpha value is -1.61. The van der Waals surface area contributed by atoms with Crippen molar-refractivity contribution in [2.24, 2.45) is 5.92 Å². The van der Waals surface area contributed by atoms with E-state index in [1.807, 2.05) is 4.90 Å². The van der Waals surface area contributed by atoms with E-state index >= 15 is 0 Å². The lowest BCUT2D eigenvalue weighted by atomic mass is 9.87. The maximum atomic E-state index is 12.6. The Morgan fingerprint density at radius 1 is 0.960 bits per heavy atom. The first-order valence-corrected chi connectivity index (χ1v) is 9.90. The first kappa shape index (κ1) is 18.2. The Labute approximate surface area is 150 Å². The van der Waals surface area contributed by atoms with Crippen molar-refractivity contribution in [3.63, 3.8) is 0 Å². The Balaban J connectivity index is 1.38. The lowest BCUT2D eigenvalue weighted by Gasteiger charge is -2.35. The summed E-state index contributed by atoms with van der Waals surface area (Å²) in [5.74, 6) is 0.630. The molecule has 3 aliphatic rings. The van der Waals surface area contributed by atoms with Crippen LogP contribution in [0.25, 0.3) is 0 Å². The average Bonchev–Trinajstić information content (AvgIpc) is 3.15. The van der Waals surface area contributed by atoms with Crippen molar-refractivity contribution in [1.29, 1.82) is 5.26 Å². The van der Waals surface area contributed by atoms with E-state index < -0.39 is 0 Å². The van der Waals surface area contributed by atoms with Gasteiger partial charge in [0.2, 0.25) is 11.8 Å². The van der Waals surface area contributed by atoms with Gasteiger partial charge in [0.05, 0.1) is 12.6 Å². The molecule has 138 valence electrons. The minimum Gasteiger partial charge on any atom is -0.342 e. The Bertz CT molecular complexity index is 516. The molecular formula is C19H30N4O2. The van der Waals surface area contributed by atoms with Gasteiger partial charge < -0.3 is 15.1 Å². The molecule has 1 saturated carbocycles. The molecule has 3 fully saturated rings. The second-order valence-corrected chi connectivity index (χ2v) is 7.69. The minimum atomic E-state index is -0.246. The molecule has 0 aromatic rings. The molecule has 0 aromatic heterocycles. The summed E-state index contributed by atoms with van der Waals surface area (Å²) in [4.78, 5) is 28.6. The van der Waals surface area contributed by atoms with Crippen LogP contribution in [-0.4, -0.2) is 59.9 Å². The fourth-order valence-electron chi connectivity index (χ4n) is 4.44. The number of hydrogen-bond donors (Lipinski definition) is 1. The summed E-state index contributed by atoms with van der Waals surface area (Å²) in [6, 6.07) is 2.26. The topological polar surface area (TPSA) is 76.4 Å². The lowest BCUT2D eigenvalue weighted by Crippen LogP contribution is -2.49. The van der Waals surface area contributed by atoms with Crippen molar-refractivity contribution in [2.75, 3.05) is 26.2 Å². The Morgan fingerprint density at radius 2 is 1.68 bits per heavy atom.